The second kappa shape index (κ2) is 7.10. The molecule has 3 aromatic rings. The number of benzene rings is 1. The molecule has 2 N–H and O–H groups in total. The van der Waals surface area contributed by atoms with Gasteiger partial charge in [0.15, 0.2) is 11.6 Å². The summed E-state index contributed by atoms with van der Waals surface area (Å²) in [5.41, 5.74) is 1.35. The molecular weight excluding hydrogens is 403 g/mol. The molecule has 0 spiro atoms. The van der Waals surface area contributed by atoms with Gasteiger partial charge in [0.05, 0.1) is 29.7 Å². The monoisotopic (exact) mass is 416 g/mol. The number of amides is 1. The second-order valence-electron chi connectivity index (χ2n) is 6.46. The molecule has 1 aliphatic rings. The number of imidazole rings is 1. The zero-order valence-corrected chi connectivity index (χ0v) is 15.8. The van der Waals surface area contributed by atoms with Gasteiger partial charge in [0, 0.05) is 12.7 Å². The van der Waals surface area contributed by atoms with Crippen molar-refractivity contribution in [1.82, 2.24) is 19.4 Å². The summed E-state index contributed by atoms with van der Waals surface area (Å²) in [5, 5.41) is 14.1. The van der Waals surface area contributed by atoms with Crippen LogP contribution in [0.15, 0.2) is 29.1 Å². The number of nitriles is 1. The molecule has 4 rings (SSSR count). The number of alkyl carbamates (subject to hydrolysis) is 1. The largest absolute Gasteiger partial charge is 0.442 e. The van der Waals surface area contributed by atoms with E-state index in [1.807, 2.05) is 0 Å². The molecule has 148 valence electrons. The molecule has 1 saturated heterocycles. The van der Waals surface area contributed by atoms with E-state index in [9.17, 15) is 14.0 Å². The summed E-state index contributed by atoms with van der Waals surface area (Å²) >= 11 is 5.88. The van der Waals surface area contributed by atoms with Gasteiger partial charge < -0.3 is 15.4 Å². The highest BCUT2D eigenvalue weighted by molar-refractivity contribution is 6.30. The summed E-state index contributed by atoms with van der Waals surface area (Å²) in [6, 6.07) is 7.79. The Balaban J connectivity index is 1.71. The minimum atomic E-state index is -0.736. The fraction of sp³-hybridized carbons (Fsp3) is 0.222. The van der Waals surface area contributed by atoms with Crippen molar-refractivity contribution >= 4 is 40.2 Å². The maximum absolute atomic E-state index is 14.2. The number of carbonyl (C=O) groups excluding carboxylic acids is 1. The van der Waals surface area contributed by atoms with Crippen LogP contribution in [-0.2, 0) is 18.3 Å². The Labute approximate surface area is 168 Å². The average molecular weight is 417 g/mol. The van der Waals surface area contributed by atoms with E-state index in [1.165, 1.54) is 9.13 Å². The Bertz CT molecular complexity index is 1250. The number of aromatic nitrogens is 3. The number of nitrogens with one attached hydrogen (secondary N) is 2. The number of hydrogen-bond acceptors (Lipinski definition) is 6. The molecule has 1 atom stereocenters. The Kier molecular flexibility index (Phi) is 4.60. The second-order valence-corrected chi connectivity index (χ2v) is 6.82. The summed E-state index contributed by atoms with van der Waals surface area (Å²) in [5.74, 6) is -0.882. The average Bonchev–Trinajstić information content (AvgIpc) is 3.21. The molecule has 1 fully saturated rings. The van der Waals surface area contributed by atoms with Crippen LogP contribution in [-0.4, -0.2) is 32.9 Å². The van der Waals surface area contributed by atoms with E-state index in [2.05, 4.69) is 15.6 Å². The lowest BCUT2D eigenvalue weighted by Crippen LogP contribution is -2.29. The van der Waals surface area contributed by atoms with Crippen LogP contribution < -0.4 is 16.3 Å². The van der Waals surface area contributed by atoms with Gasteiger partial charge in [-0.2, -0.15) is 5.26 Å². The van der Waals surface area contributed by atoms with Gasteiger partial charge in [0.25, 0.3) is 0 Å². The van der Waals surface area contributed by atoms with Gasteiger partial charge >= 0.3 is 11.8 Å². The number of ether oxygens (including phenoxy) is 1. The molecule has 0 unspecified atom stereocenters. The van der Waals surface area contributed by atoms with Gasteiger partial charge in [-0.25, -0.2) is 19.0 Å². The lowest BCUT2D eigenvalue weighted by atomic mass is 10.2. The fourth-order valence-corrected chi connectivity index (χ4v) is 3.35. The van der Waals surface area contributed by atoms with Gasteiger partial charge in [-0.3, -0.25) is 9.13 Å². The predicted octanol–water partition coefficient (Wildman–Crippen LogP) is 2.25. The molecule has 1 aromatic carbocycles. The van der Waals surface area contributed by atoms with Crippen LogP contribution in [0.1, 0.15) is 5.56 Å². The lowest BCUT2D eigenvalue weighted by Gasteiger charge is -2.11. The van der Waals surface area contributed by atoms with Crippen molar-refractivity contribution in [1.29, 1.82) is 5.26 Å². The molecular formula is C18H14ClFN6O3. The Morgan fingerprint density at radius 1 is 1.41 bits per heavy atom. The molecule has 0 radical (unpaired) electrons. The van der Waals surface area contributed by atoms with Crippen molar-refractivity contribution in [2.24, 2.45) is 7.05 Å². The summed E-state index contributed by atoms with van der Waals surface area (Å²) in [7, 11) is 1.63. The topological polar surface area (TPSA) is 114 Å². The summed E-state index contributed by atoms with van der Waals surface area (Å²) in [6.45, 7) is 0.478. The number of anilines is 2. The van der Waals surface area contributed by atoms with E-state index >= 15 is 0 Å². The Hall–Kier alpha value is -3.58. The first-order valence-corrected chi connectivity index (χ1v) is 8.92. The molecule has 1 amide bonds. The lowest BCUT2D eigenvalue weighted by molar-refractivity contribution is 0.131. The van der Waals surface area contributed by atoms with Gasteiger partial charge in [0.2, 0.25) is 0 Å². The summed E-state index contributed by atoms with van der Waals surface area (Å²) in [6.07, 6.45) is -0.997. The van der Waals surface area contributed by atoms with E-state index in [4.69, 9.17) is 21.6 Å². The smallest absolute Gasteiger partial charge is 0.407 e. The maximum atomic E-state index is 14.2. The number of aryl methyl sites for hydroxylation is 1. The van der Waals surface area contributed by atoms with Crippen molar-refractivity contribution < 1.29 is 13.9 Å². The number of hydrogen-bond donors (Lipinski definition) is 2. The van der Waals surface area contributed by atoms with Crippen molar-refractivity contribution in [2.75, 3.05) is 11.9 Å². The SMILES string of the molecule is Cn1c(=O)n(C[C@@H]2CNC(=O)O2)c2cc(Nc3nc(Cl)c(C#N)cc3F)ccc21. The molecule has 1 aliphatic heterocycles. The Morgan fingerprint density at radius 3 is 2.90 bits per heavy atom. The van der Waals surface area contributed by atoms with Gasteiger partial charge in [-0.1, -0.05) is 11.6 Å². The first-order chi connectivity index (χ1) is 13.9. The van der Waals surface area contributed by atoms with E-state index in [0.29, 0.717) is 23.3 Å². The van der Waals surface area contributed by atoms with Gasteiger partial charge in [-0.15, -0.1) is 0 Å². The van der Waals surface area contributed by atoms with Crippen molar-refractivity contribution in [3.63, 3.8) is 0 Å². The first kappa shape index (κ1) is 18.8. The van der Waals surface area contributed by atoms with Crippen LogP contribution in [0.2, 0.25) is 5.15 Å². The molecule has 0 bridgehead atoms. The van der Waals surface area contributed by atoms with Crippen LogP contribution in [0.4, 0.5) is 20.7 Å². The van der Waals surface area contributed by atoms with E-state index in [-0.39, 0.29) is 28.8 Å². The summed E-state index contributed by atoms with van der Waals surface area (Å²) < 4.78 is 22.3. The molecule has 0 aliphatic carbocycles. The quantitative estimate of drug-likeness (QED) is 0.630. The molecule has 2 aromatic heterocycles. The zero-order chi connectivity index (χ0) is 20.7. The highest BCUT2D eigenvalue weighted by Crippen LogP contribution is 2.25. The number of halogens is 2. The highest BCUT2D eigenvalue weighted by atomic mass is 35.5. The Morgan fingerprint density at radius 2 is 2.21 bits per heavy atom. The number of carbonyl (C=O) groups is 1. The first-order valence-electron chi connectivity index (χ1n) is 8.54. The maximum Gasteiger partial charge on any atom is 0.407 e. The zero-order valence-electron chi connectivity index (χ0n) is 15.1. The third-order valence-corrected chi connectivity index (χ3v) is 4.88. The molecule has 0 saturated carbocycles. The fourth-order valence-electron chi connectivity index (χ4n) is 3.17. The molecule has 11 heteroatoms. The number of fused-ring (bicyclic) bond motifs is 1. The van der Waals surface area contributed by atoms with Crippen LogP contribution >= 0.6 is 11.6 Å². The van der Waals surface area contributed by atoms with Gasteiger partial charge in [0.1, 0.15) is 17.3 Å². The highest BCUT2D eigenvalue weighted by Gasteiger charge is 2.25. The standard InChI is InChI=1S/C18H14ClFN6O3/c1-25-13-3-2-10(23-16-12(20)4-9(6-21)15(19)24-16)5-14(13)26(18(25)28)8-11-7-22-17(27)29-11/h2-5,11H,7-8H2,1H3,(H,22,27)(H,23,24)/t11-/m0/s1. The van der Waals surface area contributed by atoms with Crippen LogP contribution in [0.5, 0.6) is 0 Å². The van der Waals surface area contributed by atoms with Crippen LogP contribution in [0, 0.1) is 17.1 Å². The van der Waals surface area contributed by atoms with E-state index in [0.717, 1.165) is 6.07 Å². The van der Waals surface area contributed by atoms with Crippen molar-refractivity contribution in [3.8, 4) is 6.07 Å². The molecule has 29 heavy (non-hydrogen) atoms. The minimum Gasteiger partial charge on any atom is -0.442 e. The van der Waals surface area contributed by atoms with Crippen LogP contribution in [0.3, 0.4) is 0 Å². The van der Waals surface area contributed by atoms with E-state index in [1.54, 1.807) is 31.3 Å². The number of cyclic esters (lactones) is 1. The third-order valence-electron chi connectivity index (χ3n) is 4.59. The minimum absolute atomic E-state index is 0.0678. The molecule has 9 nitrogen and oxygen atoms in total. The normalized spacial score (nSPS) is 15.8. The van der Waals surface area contributed by atoms with Gasteiger partial charge in [-0.05, 0) is 24.3 Å². The predicted molar refractivity (Wildman–Crippen MR) is 103 cm³/mol. The third kappa shape index (κ3) is 3.36. The van der Waals surface area contributed by atoms with E-state index < -0.39 is 18.0 Å². The number of pyridine rings is 1. The number of rotatable bonds is 4. The van der Waals surface area contributed by atoms with Crippen molar-refractivity contribution in [3.05, 3.63) is 51.3 Å². The summed E-state index contributed by atoms with van der Waals surface area (Å²) in [4.78, 5) is 27.7. The number of nitrogens with zero attached hydrogens (tertiary/aromatic N) is 4. The molecule has 3 heterocycles. The van der Waals surface area contributed by atoms with Crippen LogP contribution in [0.25, 0.3) is 11.0 Å². The van der Waals surface area contributed by atoms with Crippen molar-refractivity contribution in [2.45, 2.75) is 12.6 Å².